The molecule has 9 aromatic rings. The molecule has 0 atom stereocenters. The van der Waals surface area contributed by atoms with E-state index in [-0.39, 0.29) is 0 Å². The van der Waals surface area contributed by atoms with E-state index in [1.54, 1.807) is 0 Å². The molecular formula is C66H56N10Pt2. The van der Waals surface area contributed by atoms with Gasteiger partial charge in [0.15, 0.2) is 0 Å². The first-order valence-corrected chi connectivity index (χ1v) is 29.9. The molecule has 6 heterocycles. The van der Waals surface area contributed by atoms with Crippen molar-refractivity contribution in [2.75, 3.05) is 76.9 Å². The molecule has 390 valence electrons. The van der Waals surface area contributed by atoms with Gasteiger partial charge in [-0.2, -0.15) is 0 Å². The summed E-state index contributed by atoms with van der Waals surface area (Å²) in [5.74, 6) is 0. The molecule has 9 aromatic carbocycles. The van der Waals surface area contributed by atoms with Gasteiger partial charge in [0.2, 0.25) is 0 Å². The summed E-state index contributed by atoms with van der Waals surface area (Å²) in [4.78, 5) is 18.1. The van der Waals surface area contributed by atoms with Gasteiger partial charge in [0.05, 0.1) is 0 Å². The Balaban J connectivity index is 0.960. The van der Waals surface area contributed by atoms with Gasteiger partial charge >= 0.3 is 492 Å². The van der Waals surface area contributed by atoms with Crippen LogP contribution in [0.1, 0.15) is 38.7 Å². The monoisotopic (exact) mass is 1390 g/mol. The van der Waals surface area contributed by atoms with Gasteiger partial charge in [-0.05, 0) is 0 Å². The Kier molecular flexibility index (Phi) is 8.17. The predicted molar refractivity (Wildman–Crippen MR) is 323 cm³/mol. The van der Waals surface area contributed by atoms with Crippen LogP contribution in [-0.4, -0.2) is 44.5 Å². The van der Waals surface area contributed by atoms with Crippen molar-refractivity contribution in [3.8, 4) is 0 Å². The van der Waals surface area contributed by atoms with Crippen molar-refractivity contribution >= 4 is 119 Å². The molecule has 0 amide bonds. The van der Waals surface area contributed by atoms with Crippen molar-refractivity contribution in [1.29, 1.82) is 0 Å². The summed E-state index contributed by atoms with van der Waals surface area (Å²) in [7, 11) is 0. The number of hydrogen-bond acceptors (Lipinski definition) is 10. The third kappa shape index (κ3) is 7.15. The number of benzene rings is 9. The van der Waals surface area contributed by atoms with Crippen LogP contribution in [0, 0.1) is 27.7 Å². The summed E-state index contributed by atoms with van der Waals surface area (Å²) in [6.07, 6.45) is 0. The van der Waals surface area contributed by atoms with E-state index < -0.39 is 63.2 Å². The Morgan fingerprint density at radius 3 is 0.667 bits per heavy atom. The fourth-order valence-corrected chi connectivity index (χ4v) is 17.8. The molecule has 10 nitrogen and oxygen atoms in total. The molecule has 0 spiro atoms. The molecule has 78 heavy (non-hydrogen) atoms. The molecule has 0 fully saturated rings. The van der Waals surface area contributed by atoms with E-state index in [9.17, 15) is 0 Å². The molecule has 0 aliphatic carbocycles. The Bertz CT molecular complexity index is 4130. The van der Waals surface area contributed by atoms with Crippen LogP contribution < -0.4 is 49.0 Å². The van der Waals surface area contributed by atoms with Crippen LogP contribution in [0.2, 0.25) is 0 Å². The Morgan fingerprint density at radius 2 is 0.449 bits per heavy atom. The third-order valence-corrected chi connectivity index (χ3v) is 20.8. The van der Waals surface area contributed by atoms with Crippen molar-refractivity contribution < 1.29 is 51.7 Å². The summed E-state index contributed by atoms with van der Waals surface area (Å²) in [5, 5.41) is 0. The average Bonchev–Trinajstić information content (AvgIpc) is 1.56. The molecule has 6 aliphatic rings. The zero-order valence-electron chi connectivity index (χ0n) is 54.6. The molecule has 0 radical (unpaired) electrons. The maximum atomic E-state index is 9.12. The summed E-state index contributed by atoms with van der Waals surface area (Å²) in [6.45, 7) is -2.50. The van der Waals surface area contributed by atoms with E-state index in [4.69, 9.17) is 16.4 Å². The fourth-order valence-electron chi connectivity index (χ4n) is 11.5. The number of hydrogen-bond donors (Lipinski definition) is 0. The number of nitrogens with zero attached hydrogens (tertiary/aromatic N) is 10. The van der Waals surface area contributed by atoms with Gasteiger partial charge in [-0.15, -0.1) is 0 Å². The first kappa shape index (κ1) is 36.0. The molecule has 0 aromatic heterocycles. The second-order valence-corrected chi connectivity index (χ2v) is 25.3. The fraction of sp³-hybridized carbons (Fsp3) is 0.121. The van der Waals surface area contributed by atoms with Gasteiger partial charge in [-0.25, -0.2) is 0 Å². The van der Waals surface area contributed by atoms with Gasteiger partial charge in [0, 0.05) is 0 Å². The first-order valence-electron chi connectivity index (χ1n) is 31.4. The van der Waals surface area contributed by atoms with Crippen LogP contribution in [-0.2, 0) is 35.3 Å². The van der Waals surface area contributed by atoms with Crippen molar-refractivity contribution in [1.82, 2.24) is 0 Å². The SMILES string of the molecule is [2H]C([2H])([2H])N1[C]2=[Pt]=[C]3N(c4cc(C)cc(c4)N(c4ccc(N5c6cc(C)cc(c6)N6[C](=[Pt]=[C]7N(c8cc(C)cc5c8)c5ccccc5N7C([2H])([2H])[2H])N(C([2H])([2H])[2H])c5ccccc56)cc4)c4cc(C)cc(c4)N2c2ccccc21)c1ccccc1N3C([2H])([2H])[2H]. The molecule has 15 rings (SSSR count). The molecule has 12 heteroatoms. The standard InChI is InChI=1S/C66H56N10.2Pt/c1-45-29-51(71-41-67(5)59-17-9-13-21-63(59)71)37-55(33-45)75(56-34-46(2)30-52(38-56)72-42-68(6)60-18-10-14-22-64(60)72)49-25-27-50(28-26-49)76(57-35-47(3)31-53(39-57)73-43-69(7)61-19-11-15-23-65(61)73)58-36-48(4)32-54(40-58)74-44-70(8)62-20-12-16-24-66(62)74;;/h9-40H,1-8H3;;/i5D3,6D3,7D3,8D3;;. The number of fused-ring (bicyclic) bond motifs is 24. The Morgan fingerprint density at radius 1 is 0.244 bits per heavy atom. The van der Waals surface area contributed by atoms with E-state index in [2.05, 4.69) is 82.6 Å². The minimum absolute atomic E-state index is 0.473. The quantitative estimate of drug-likeness (QED) is 0.167. The molecule has 0 N–H and O–H groups in total. The number of anilines is 18. The molecule has 0 saturated heterocycles. The molecule has 8 bridgehead atoms. The average molecular weight is 1390 g/mol. The summed E-state index contributed by atoms with van der Waals surface area (Å²) >= 11 is -3.33. The summed E-state index contributed by atoms with van der Waals surface area (Å²) in [6, 6.07) is 63.1. The summed E-state index contributed by atoms with van der Waals surface area (Å²) in [5.41, 5.74) is 15.8. The van der Waals surface area contributed by atoms with Gasteiger partial charge in [-0.3, -0.25) is 0 Å². The van der Waals surface area contributed by atoms with E-state index in [1.807, 2.05) is 169 Å². The normalized spacial score (nSPS) is 18.9. The number of aryl methyl sites for hydroxylation is 4. The second kappa shape index (κ2) is 17.7. The van der Waals surface area contributed by atoms with Crippen LogP contribution in [0.5, 0.6) is 0 Å². The third-order valence-electron chi connectivity index (χ3n) is 14.7. The van der Waals surface area contributed by atoms with Gasteiger partial charge in [-0.1, -0.05) is 0 Å². The first-order chi connectivity index (χ1) is 42.8. The van der Waals surface area contributed by atoms with Crippen LogP contribution in [0.15, 0.2) is 194 Å². The molecule has 0 saturated carbocycles. The Labute approximate surface area is 489 Å². The number of rotatable bonds is 2. The van der Waals surface area contributed by atoms with Gasteiger partial charge in [0.1, 0.15) is 0 Å². The van der Waals surface area contributed by atoms with Crippen molar-refractivity contribution in [2.24, 2.45) is 0 Å². The van der Waals surface area contributed by atoms with Crippen LogP contribution >= 0.6 is 0 Å². The van der Waals surface area contributed by atoms with E-state index >= 15 is 0 Å². The zero-order chi connectivity index (χ0) is 62.8. The minimum atomic E-state index is -2.65. The van der Waals surface area contributed by atoms with Gasteiger partial charge in [0.25, 0.3) is 0 Å². The second-order valence-electron chi connectivity index (χ2n) is 20.1. The zero-order valence-corrected chi connectivity index (χ0v) is 47.1. The van der Waals surface area contributed by atoms with Crippen molar-refractivity contribution in [3.63, 3.8) is 0 Å². The predicted octanol–water partition coefficient (Wildman–Crippen LogP) is 14.8. The molecule has 6 aliphatic heterocycles. The summed E-state index contributed by atoms with van der Waals surface area (Å²) < 4.78 is 111. The van der Waals surface area contributed by atoms with Crippen LogP contribution in [0.25, 0.3) is 0 Å². The van der Waals surface area contributed by atoms with Crippen LogP contribution in [0.3, 0.4) is 0 Å². The van der Waals surface area contributed by atoms with Crippen molar-refractivity contribution in [3.05, 3.63) is 216 Å². The molecule has 0 unspecified atom stereocenters. The van der Waals surface area contributed by atoms with Gasteiger partial charge < -0.3 is 0 Å². The number of para-hydroxylation sites is 8. The maximum absolute atomic E-state index is 9.12. The Hall–Kier alpha value is -8.16. The van der Waals surface area contributed by atoms with E-state index in [0.717, 1.165) is 56.4 Å². The topological polar surface area (TPSA) is 32.4 Å². The van der Waals surface area contributed by atoms with Crippen molar-refractivity contribution in [2.45, 2.75) is 27.7 Å². The molecular weight excluding hydrogens is 1320 g/mol. The van der Waals surface area contributed by atoms with E-state index in [0.29, 0.717) is 84.8 Å². The van der Waals surface area contributed by atoms with E-state index in [1.165, 1.54) is 19.6 Å². The van der Waals surface area contributed by atoms with Crippen LogP contribution in [0.4, 0.5) is 102 Å².